The smallest absolute Gasteiger partial charge is 0.415 e. The zero-order valence-corrected chi connectivity index (χ0v) is 14.9. The lowest BCUT2D eigenvalue weighted by molar-refractivity contribution is -0.102. The number of fused-ring (bicyclic) bond motifs is 1. The lowest BCUT2D eigenvalue weighted by atomic mass is 9.91. The van der Waals surface area contributed by atoms with Crippen LogP contribution in [0.2, 0.25) is 0 Å². The second kappa shape index (κ2) is 7.27. The Labute approximate surface area is 156 Å². The first-order valence-electron chi connectivity index (χ1n) is 8.28. The lowest BCUT2D eigenvalue weighted by Crippen LogP contribution is -2.29. The number of aliphatic hydroxyl groups excluding tert-OH is 1. The molecule has 2 aromatic heterocycles. The fourth-order valence-corrected chi connectivity index (χ4v) is 2.98. The van der Waals surface area contributed by atoms with E-state index in [0.29, 0.717) is 6.08 Å². The Bertz CT molecular complexity index is 1030. The minimum absolute atomic E-state index is 0.0745. The third-order valence-corrected chi connectivity index (χ3v) is 4.39. The molecule has 0 radical (unpaired) electrons. The molecule has 1 aliphatic rings. The number of nitrogens with one attached hydrogen (secondary N) is 1. The molecule has 2 unspecified atom stereocenters. The van der Waals surface area contributed by atoms with E-state index in [0.717, 1.165) is 4.40 Å². The summed E-state index contributed by atoms with van der Waals surface area (Å²) in [5.41, 5.74) is -2.05. The normalized spacial score (nSPS) is 20.0. The van der Waals surface area contributed by atoms with Gasteiger partial charge in [-0.3, -0.25) is 9.20 Å². The van der Waals surface area contributed by atoms with Crippen molar-refractivity contribution in [1.29, 1.82) is 0 Å². The van der Waals surface area contributed by atoms with Gasteiger partial charge in [0.1, 0.15) is 12.0 Å². The number of alkyl halides is 4. The van der Waals surface area contributed by atoms with Crippen molar-refractivity contribution in [1.82, 2.24) is 9.38 Å². The SMILES string of the molecule is COc1cccn2c(=O)c(CO)c(NC3=CC(C)C(F)C(C(F)(F)F)=C3)nc12. The molecule has 2 N–H and O–H groups in total. The zero-order valence-electron chi connectivity index (χ0n) is 14.9. The Kier molecular flexibility index (Phi) is 5.16. The highest BCUT2D eigenvalue weighted by atomic mass is 19.4. The van der Waals surface area contributed by atoms with Gasteiger partial charge in [0.15, 0.2) is 11.4 Å². The summed E-state index contributed by atoms with van der Waals surface area (Å²) in [6, 6.07) is 3.11. The van der Waals surface area contributed by atoms with Crippen LogP contribution in [-0.2, 0) is 6.61 Å². The molecule has 28 heavy (non-hydrogen) atoms. The van der Waals surface area contributed by atoms with Crippen LogP contribution >= 0.6 is 0 Å². The van der Waals surface area contributed by atoms with Crippen molar-refractivity contribution >= 4 is 11.5 Å². The summed E-state index contributed by atoms with van der Waals surface area (Å²) in [7, 11) is 1.37. The lowest BCUT2D eigenvalue weighted by Gasteiger charge is -2.25. The van der Waals surface area contributed by atoms with E-state index < -0.39 is 36.0 Å². The second-order valence-electron chi connectivity index (χ2n) is 6.28. The number of nitrogens with zero attached hydrogens (tertiary/aromatic N) is 2. The van der Waals surface area contributed by atoms with E-state index >= 15 is 0 Å². The predicted molar refractivity (Wildman–Crippen MR) is 93.8 cm³/mol. The molecule has 6 nitrogen and oxygen atoms in total. The predicted octanol–water partition coefficient (Wildman–Crippen LogP) is 2.97. The number of rotatable bonds is 4. The molecular formula is C18H17F4N3O3. The molecule has 0 bridgehead atoms. The molecule has 3 rings (SSSR count). The Morgan fingerprint density at radius 3 is 2.71 bits per heavy atom. The highest BCUT2D eigenvalue weighted by Crippen LogP contribution is 2.37. The minimum atomic E-state index is -4.84. The molecule has 0 aromatic carbocycles. The number of allylic oxidation sites excluding steroid dienone is 3. The van der Waals surface area contributed by atoms with Crippen molar-refractivity contribution in [3.63, 3.8) is 0 Å². The fraction of sp³-hybridized carbons (Fsp3) is 0.333. The molecule has 0 fully saturated rings. The molecule has 0 aliphatic heterocycles. The Morgan fingerprint density at radius 1 is 1.39 bits per heavy atom. The number of anilines is 1. The van der Waals surface area contributed by atoms with Crippen molar-refractivity contribution in [3.8, 4) is 5.75 Å². The van der Waals surface area contributed by atoms with Crippen molar-refractivity contribution in [2.75, 3.05) is 12.4 Å². The maximum Gasteiger partial charge on any atom is 0.415 e. The summed E-state index contributed by atoms with van der Waals surface area (Å²) in [6.07, 6.45) is -3.70. The molecule has 0 saturated heterocycles. The quantitative estimate of drug-likeness (QED) is 0.774. The summed E-state index contributed by atoms with van der Waals surface area (Å²) >= 11 is 0. The Morgan fingerprint density at radius 2 is 2.11 bits per heavy atom. The van der Waals surface area contributed by atoms with Gasteiger partial charge in [-0.25, -0.2) is 9.37 Å². The third kappa shape index (κ3) is 3.47. The number of aromatic nitrogens is 2. The van der Waals surface area contributed by atoms with E-state index in [1.807, 2.05) is 0 Å². The van der Waals surface area contributed by atoms with E-state index in [9.17, 15) is 27.5 Å². The van der Waals surface area contributed by atoms with E-state index in [1.54, 1.807) is 12.1 Å². The highest BCUT2D eigenvalue weighted by Gasteiger charge is 2.42. The van der Waals surface area contributed by atoms with Crippen molar-refractivity contribution in [2.45, 2.75) is 25.9 Å². The molecule has 0 spiro atoms. The number of methoxy groups -OCH3 is 1. The van der Waals surface area contributed by atoms with Crippen LogP contribution < -0.4 is 15.6 Å². The van der Waals surface area contributed by atoms with Gasteiger partial charge in [0, 0.05) is 17.8 Å². The van der Waals surface area contributed by atoms with Gasteiger partial charge in [0.05, 0.1) is 24.9 Å². The number of pyridine rings is 1. The molecule has 0 saturated carbocycles. The molecule has 0 amide bonds. The topological polar surface area (TPSA) is 75.9 Å². The van der Waals surface area contributed by atoms with Gasteiger partial charge in [-0.1, -0.05) is 13.0 Å². The van der Waals surface area contributed by atoms with E-state index in [4.69, 9.17) is 4.74 Å². The number of halogens is 4. The van der Waals surface area contributed by atoms with Gasteiger partial charge in [0.25, 0.3) is 5.56 Å². The summed E-state index contributed by atoms with van der Waals surface area (Å²) in [6.45, 7) is 0.614. The number of aliphatic hydroxyl groups is 1. The van der Waals surface area contributed by atoms with Crippen LogP contribution in [0.15, 0.2) is 46.5 Å². The molecule has 2 heterocycles. The van der Waals surface area contributed by atoms with Crippen molar-refractivity contribution in [2.24, 2.45) is 5.92 Å². The second-order valence-corrected chi connectivity index (χ2v) is 6.28. The fourth-order valence-electron chi connectivity index (χ4n) is 2.98. The molecular weight excluding hydrogens is 382 g/mol. The van der Waals surface area contributed by atoms with Crippen molar-refractivity contribution in [3.05, 3.63) is 57.7 Å². The van der Waals surface area contributed by atoms with Gasteiger partial charge in [-0.15, -0.1) is 0 Å². The number of hydrogen-bond donors (Lipinski definition) is 2. The number of ether oxygens (including phenoxy) is 1. The molecule has 2 aromatic rings. The van der Waals surface area contributed by atoms with Gasteiger partial charge in [-0.05, 0) is 18.2 Å². The first-order chi connectivity index (χ1) is 13.2. The molecule has 1 aliphatic carbocycles. The molecule has 150 valence electrons. The van der Waals surface area contributed by atoms with Crippen LogP contribution in [0.25, 0.3) is 5.65 Å². The maximum absolute atomic E-state index is 14.0. The van der Waals surface area contributed by atoms with Crippen LogP contribution in [0.1, 0.15) is 12.5 Å². The van der Waals surface area contributed by atoms with Gasteiger partial charge in [0.2, 0.25) is 0 Å². The largest absolute Gasteiger partial charge is 0.493 e. The molecule has 10 heteroatoms. The Hall–Kier alpha value is -2.88. The van der Waals surface area contributed by atoms with Crippen LogP contribution in [0.3, 0.4) is 0 Å². The van der Waals surface area contributed by atoms with Crippen molar-refractivity contribution < 1.29 is 27.4 Å². The average Bonchev–Trinajstić information content (AvgIpc) is 2.63. The van der Waals surface area contributed by atoms with E-state index in [2.05, 4.69) is 10.3 Å². The van der Waals surface area contributed by atoms with Crippen LogP contribution in [0, 0.1) is 5.92 Å². The van der Waals surface area contributed by atoms with Gasteiger partial charge >= 0.3 is 6.18 Å². The minimum Gasteiger partial charge on any atom is -0.493 e. The molecule has 2 atom stereocenters. The zero-order chi connectivity index (χ0) is 20.6. The summed E-state index contributed by atoms with van der Waals surface area (Å²) < 4.78 is 59.6. The standard InChI is InChI=1S/C18H17F4N3O3/c1-9-6-10(7-12(14(9)19)18(20,21)22)23-15-11(8-26)17(27)25-5-3-4-13(28-2)16(25)24-15/h3-7,9,14,23,26H,8H2,1-2H3. The summed E-state index contributed by atoms with van der Waals surface area (Å²) in [4.78, 5) is 16.8. The number of hydrogen-bond acceptors (Lipinski definition) is 5. The monoisotopic (exact) mass is 399 g/mol. The first kappa shape index (κ1) is 19.9. The van der Waals surface area contributed by atoms with Crippen LogP contribution in [-0.4, -0.2) is 33.9 Å². The Balaban J connectivity index is 2.13. The summed E-state index contributed by atoms with van der Waals surface area (Å²) in [5, 5.41) is 12.2. The van der Waals surface area contributed by atoms with Gasteiger partial charge < -0.3 is 15.2 Å². The first-order valence-corrected chi connectivity index (χ1v) is 8.28. The van der Waals surface area contributed by atoms with Crippen LogP contribution in [0.4, 0.5) is 23.4 Å². The van der Waals surface area contributed by atoms with Crippen LogP contribution in [0.5, 0.6) is 5.75 Å². The van der Waals surface area contributed by atoms with E-state index in [-0.39, 0.29) is 28.5 Å². The highest BCUT2D eigenvalue weighted by molar-refractivity contribution is 5.61. The van der Waals surface area contributed by atoms with E-state index in [1.165, 1.54) is 26.3 Å². The summed E-state index contributed by atoms with van der Waals surface area (Å²) in [5.74, 6) is -0.920. The maximum atomic E-state index is 14.0. The average molecular weight is 399 g/mol. The van der Waals surface area contributed by atoms with Gasteiger partial charge in [-0.2, -0.15) is 13.2 Å². The third-order valence-electron chi connectivity index (χ3n) is 4.39.